The first kappa shape index (κ1) is 22.8. The predicted molar refractivity (Wildman–Crippen MR) is 127 cm³/mol. The van der Waals surface area contributed by atoms with Crippen LogP contribution < -0.4 is 9.47 Å². The van der Waals surface area contributed by atoms with E-state index < -0.39 is 17.8 Å². The zero-order valence-electron chi connectivity index (χ0n) is 18.9. The Morgan fingerprint density at radius 1 is 0.676 bits per heavy atom. The summed E-state index contributed by atoms with van der Waals surface area (Å²) < 4.78 is 10.6. The van der Waals surface area contributed by atoms with Crippen molar-refractivity contribution in [3.63, 3.8) is 0 Å². The van der Waals surface area contributed by atoms with Gasteiger partial charge >= 0.3 is 6.03 Å². The third kappa shape index (κ3) is 4.68. The van der Waals surface area contributed by atoms with Gasteiger partial charge in [-0.3, -0.25) is 19.4 Å². The zero-order valence-corrected chi connectivity index (χ0v) is 18.9. The summed E-state index contributed by atoms with van der Waals surface area (Å²) in [6.07, 6.45) is 1.48. The molecule has 0 saturated carbocycles. The summed E-state index contributed by atoms with van der Waals surface area (Å²) in [5.74, 6) is -0.292. The fraction of sp³-hybridized carbons (Fsp3) is 0.148. The normalized spacial score (nSPS) is 13.8. The SMILES string of the molecule is COc1ccc(C=C2C(=O)N(Cc3ccccc3)C(=O)N(Cc3ccccc3)C2=O)cc1OC. The molecule has 1 heterocycles. The first-order valence-electron chi connectivity index (χ1n) is 10.7. The molecule has 0 aliphatic carbocycles. The van der Waals surface area contributed by atoms with E-state index >= 15 is 0 Å². The number of benzene rings is 3. The van der Waals surface area contributed by atoms with Crippen molar-refractivity contribution < 1.29 is 23.9 Å². The molecule has 34 heavy (non-hydrogen) atoms. The maximum atomic E-state index is 13.4. The zero-order chi connectivity index (χ0) is 24.1. The number of hydrogen-bond donors (Lipinski definition) is 0. The highest BCUT2D eigenvalue weighted by Gasteiger charge is 2.42. The number of carbonyl (C=O) groups is 3. The van der Waals surface area contributed by atoms with Crippen LogP contribution in [0.25, 0.3) is 6.08 Å². The number of methoxy groups -OCH3 is 2. The first-order chi connectivity index (χ1) is 16.5. The van der Waals surface area contributed by atoms with E-state index in [1.807, 2.05) is 60.7 Å². The van der Waals surface area contributed by atoms with E-state index in [1.165, 1.54) is 20.3 Å². The summed E-state index contributed by atoms with van der Waals surface area (Å²) >= 11 is 0. The molecule has 3 aromatic carbocycles. The monoisotopic (exact) mass is 456 g/mol. The van der Waals surface area contributed by atoms with Crippen LogP contribution in [0.15, 0.2) is 84.4 Å². The molecular formula is C27H24N2O5. The highest BCUT2D eigenvalue weighted by atomic mass is 16.5. The number of nitrogens with zero attached hydrogens (tertiary/aromatic N) is 2. The maximum absolute atomic E-state index is 13.4. The maximum Gasteiger partial charge on any atom is 0.334 e. The van der Waals surface area contributed by atoms with Crippen LogP contribution in [-0.2, 0) is 22.7 Å². The number of carbonyl (C=O) groups excluding carboxylic acids is 3. The van der Waals surface area contributed by atoms with Crippen LogP contribution >= 0.6 is 0 Å². The fourth-order valence-corrected chi connectivity index (χ4v) is 3.75. The molecule has 1 saturated heterocycles. The smallest absolute Gasteiger partial charge is 0.334 e. The molecule has 4 rings (SSSR count). The van der Waals surface area contributed by atoms with Crippen LogP contribution in [-0.4, -0.2) is 41.9 Å². The van der Waals surface area contributed by atoms with Crippen molar-refractivity contribution >= 4 is 23.9 Å². The Morgan fingerprint density at radius 3 is 1.65 bits per heavy atom. The molecule has 0 spiro atoms. The van der Waals surface area contributed by atoms with Gasteiger partial charge in [-0.2, -0.15) is 0 Å². The Labute approximate surface area is 197 Å². The summed E-state index contributed by atoms with van der Waals surface area (Å²) in [4.78, 5) is 42.2. The van der Waals surface area contributed by atoms with E-state index in [0.717, 1.165) is 20.9 Å². The van der Waals surface area contributed by atoms with Crippen molar-refractivity contribution in [2.75, 3.05) is 14.2 Å². The Hall–Kier alpha value is -4.39. The van der Waals surface area contributed by atoms with Gasteiger partial charge in [-0.15, -0.1) is 0 Å². The average Bonchev–Trinajstić information content (AvgIpc) is 2.88. The molecule has 1 fully saturated rings. The topological polar surface area (TPSA) is 76.2 Å². The summed E-state index contributed by atoms with van der Waals surface area (Å²) in [5.41, 5.74) is 2.04. The molecule has 0 unspecified atom stereocenters. The van der Waals surface area contributed by atoms with Gasteiger partial charge in [-0.25, -0.2) is 4.79 Å². The second kappa shape index (κ2) is 10.0. The van der Waals surface area contributed by atoms with E-state index in [0.29, 0.717) is 17.1 Å². The predicted octanol–water partition coefficient (Wildman–Crippen LogP) is 4.28. The Morgan fingerprint density at radius 2 is 1.18 bits per heavy atom. The van der Waals surface area contributed by atoms with Gasteiger partial charge in [0.2, 0.25) is 0 Å². The number of hydrogen-bond acceptors (Lipinski definition) is 5. The van der Waals surface area contributed by atoms with Gasteiger partial charge in [0.1, 0.15) is 5.57 Å². The quantitative estimate of drug-likeness (QED) is 0.392. The van der Waals surface area contributed by atoms with Gasteiger partial charge in [0.15, 0.2) is 11.5 Å². The first-order valence-corrected chi connectivity index (χ1v) is 10.7. The number of amides is 4. The van der Waals surface area contributed by atoms with Crippen molar-refractivity contribution in [2.45, 2.75) is 13.1 Å². The summed E-state index contributed by atoms with van der Waals surface area (Å²) in [6.45, 7) is 0.112. The van der Waals surface area contributed by atoms with Crippen LogP contribution in [0.5, 0.6) is 11.5 Å². The van der Waals surface area contributed by atoms with Gasteiger partial charge in [0.25, 0.3) is 11.8 Å². The Bertz CT molecular complexity index is 1170. The molecule has 1 aliphatic heterocycles. The van der Waals surface area contributed by atoms with E-state index in [2.05, 4.69) is 0 Å². The second-order valence-electron chi connectivity index (χ2n) is 7.71. The highest BCUT2D eigenvalue weighted by Crippen LogP contribution is 2.30. The molecule has 0 bridgehead atoms. The highest BCUT2D eigenvalue weighted by molar-refractivity contribution is 6.30. The molecule has 7 heteroatoms. The van der Waals surface area contributed by atoms with Gasteiger partial charge in [0, 0.05) is 0 Å². The molecular weight excluding hydrogens is 432 g/mol. The van der Waals surface area contributed by atoms with Crippen LogP contribution in [0, 0.1) is 0 Å². The van der Waals surface area contributed by atoms with E-state index in [4.69, 9.17) is 9.47 Å². The van der Waals surface area contributed by atoms with Crippen molar-refractivity contribution in [3.05, 3.63) is 101 Å². The number of imide groups is 2. The molecule has 0 aromatic heterocycles. The van der Waals surface area contributed by atoms with Crippen molar-refractivity contribution in [1.82, 2.24) is 9.80 Å². The van der Waals surface area contributed by atoms with Crippen LogP contribution in [0.4, 0.5) is 4.79 Å². The van der Waals surface area contributed by atoms with Crippen molar-refractivity contribution in [1.29, 1.82) is 0 Å². The van der Waals surface area contributed by atoms with Gasteiger partial charge in [-0.05, 0) is 34.9 Å². The summed E-state index contributed by atoms with van der Waals surface area (Å²) in [5, 5.41) is 0. The third-order valence-electron chi connectivity index (χ3n) is 5.50. The van der Waals surface area contributed by atoms with Gasteiger partial charge in [-0.1, -0.05) is 66.7 Å². The van der Waals surface area contributed by atoms with E-state index in [-0.39, 0.29) is 18.7 Å². The molecule has 4 amide bonds. The largest absolute Gasteiger partial charge is 0.493 e. The summed E-state index contributed by atoms with van der Waals surface area (Å²) in [6, 6.07) is 22.8. The lowest BCUT2D eigenvalue weighted by Crippen LogP contribution is -2.55. The number of barbiturate groups is 1. The third-order valence-corrected chi connectivity index (χ3v) is 5.50. The fourth-order valence-electron chi connectivity index (χ4n) is 3.75. The van der Waals surface area contributed by atoms with Crippen LogP contribution in [0.3, 0.4) is 0 Å². The second-order valence-corrected chi connectivity index (χ2v) is 7.71. The molecule has 1 aliphatic rings. The Balaban J connectivity index is 1.74. The number of ether oxygens (including phenoxy) is 2. The lowest BCUT2D eigenvalue weighted by Gasteiger charge is -2.34. The summed E-state index contributed by atoms with van der Waals surface area (Å²) in [7, 11) is 3.03. The molecule has 0 N–H and O–H groups in total. The molecule has 7 nitrogen and oxygen atoms in total. The lowest BCUT2D eigenvalue weighted by atomic mass is 10.0. The molecule has 3 aromatic rings. The number of rotatable bonds is 7. The minimum atomic E-state index is -0.646. The van der Waals surface area contributed by atoms with Crippen LogP contribution in [0.2, 0.25) is 0 Å². The molecule has 0 radical (unpaired) electrons. The molecule has 0 atom stereocenters. The number of urea groups is 1. The lowest BCUT2D eigenvalue weighted by molar-refractivity contribution is -0.136. The van der Waals surface area contributed by atoms with Gasteiger partial charge < -0.3 is 9.47 Å². The minimum Gasteiger partial charge on any atom is -0.493 e. The van der Waals surface area contributed by atoms with E-state index in [9.17, 15) is 14.4 Å². The van der Waals surface area contributed by atoms with Crippen molar-refractivity contribution in [2.24, 2.45) is 0 Å². The minimum absolute atomic E-state index is 0.0559. The standard InChI is InChI=1S/C27H24N2O5/c1-33-23-14-13-21(16-24(23)34-2)15-22-25(30)28(17-19-9-5-3-6-10-19)27(32)29(26(22)31)18-20-11-7-4-8-12-20/h3-16H,17-18H2,1-2H3. The average molecular weight is 456 g/mol. The Kier molecular flexibility index (Phi) is 6.73. The van der Waals surface area contributed by atoms with Crippen LogP contribution in [0.1, 0.15) is 16.7 Å². The van der Waals surface area contributed by atoms with Gasteiger partial charge in [0.05, 0.1) is 27.3 Å². The van der Waals surface area contributed by atoms with E-state index in [1.54, 1.807) is 18.2 Å². The van der Waals surface area contributed by atoms with Crippen molar-refractivity contribution in [3.8, 4) is 11.5 Å². The molecule has 172 valence electrons.